The second-order valence-corrected chi connectivity index (χ2v) is 5.43. The monoisotopic (exact) mass is 266 g/mol. The third-order valence-electron chi connectivity index (χ3n) is 3.98. The van der Waals surface area contributed by atoms with Crippen molar-refractivity contribution >= 4 is 11.8 Å². The van der Waals surface area contributed by atoms with Gasteiger partial charge in [-0.05, 0) is 39.0 Å². The third kappa shape index (κ3) is 4.19. The fourth-order valence-corrected chi connectivity index (χ4v) is 3.06. The molecule has 0 spiro atoms. The lowest BCUT2D eigenvalue weighted by atomic mass is 9.82. The highest BCUT2D eigenvalue weighted by Crippen LogP contribution is 2.43. The van der Waals surface area contributed by atoms with Crippen LogP contribution in [0.15, 0.2) is 12.2 Å². The van der Waals surface area contributed by atoms with E-state index in [1.807, 2.05) is 13.0 Å². The molecule has 1 aliphatic carbocycles. The van der Waals surface area contributed by atoms with Gasteiger partial charge in [-0.3, -0.25) is 9.59 Å². The molecule has 0 aliphatic heterocycles. The van der Waals surface area contributed by atoms with Crippen LogP contribution < -0.4 is 0 Å². The summed E-state index contributed by atoms with van der Waals surface area (Å²) in [6.07, 6.45) is 9.86. The van der Waals surface area contributed by atoms with E-state index in [0.717, 1.165) is 32.1 Å². The van der Waals surface area contributed by atoms with E-state index in [1.54, 1.807) is 0 Å². The van der Waals surface area contributed by atoms with Gasteiger partial charge in [-0.2, -0.15) is 0 Å². The first-order valence-electron chi connectivity index (χ1n) is 7.39. The molecule has 0 aromatic rings. The van der Waals surface area contributed by atoms with Crippen LogP contribution in [0, 0.1) is 5.92 Å². The standard InChI is InChI=1S/C16H26O3/c1-4-6-8-9-14-15(18)10-12-16(14,11-7-5-2)19-13(3)17/h4,6,14H,5,7-12H2,1-3H3. The smallest absolute Gasteiger partial charge is 0.303 e. The molecule has 0 radical (unpaired) electrons. The molecule has 1 fully saturated rings. The van der Waals surface area contributed by atoms with E-state index in [1.165, 1.54) is 6.92 Å². The Labute approximate surface area is 116 Å². The Morgan fingerprint density at radius 2 is 2.26 bits per heavy atom. The van der Waals surface area contributed by atoms with Crippen molar-refractivity contribution in [2.24, 2.45) is 5.92 Å². The molecular formula is C16H26O3. The highest BCUT2D eigenvalue weighted by Gasteiger charge is 2.49. The number of esters is 1. The number of hydrogen-bond donors (Lipinski definition) is 0. The van der Waals surface area contributed by atoms with Gasteiger partial charge >= 0.3 is 5.97 Å². The summed E-state index contributed by atoms with van der Waals surface area (Å²) >= 11 is 0. The van der Waals surface area contributed by atoms with Crippen LogP contribution in [0.5, 0.6) is 0 Å². The number of carbonyl (C=O) groups excluding carboxylic acids is 2. The minimum Gasteiger partial charge on any atom is -0.458 e. The summed E-state index contributed by atoms with van der Waals surface area (Å²) in [5.74, 6) is -0.108. The minimum atomic E-state index is -0.527. The molecule has 1 saturated carbocycles. The van der Waals surface area contributed by atoms with Gasteiger partial charge in [0.05, 0.1) is 5.92 Å². The normalized spacial score (nSPS) is 27.1. The second kappa shape index (κ2) is 7.46. The molecule has 0 bridgehead atoms. The molecular weight excluding hydrogens is 240 g/mol. The van der Waals surface area contributed by atoms with E-state index >= 15 is 0 Å². The predicted molar refractivity (Wildman–Crippen MR) is 75.8 cm³/mol. The van der Waals surface area contributed by atoms with Crippen molar-refractivity contribution in [1.29, 1.82) is 0 Å². The summed E-state index contributed by atoms with van der Waals surface area (Å²) in [5, 5.41) is 0. The zero-order valence-corrected chi connectivity index (χ0v) is 12.4. The van der Waals surface area contributed by atoms with E-state index in [9.17, 15) is 9.59 Å². The van der Waals surface area contributed by atoms with Crippen LogP contribution in [0.4, 0.5) is 0 Å². The van der Waals surface area contributed by atoms with Crippen LogP contribution in [0.3, 0.4) is 0 Å². The number of unbranched alkanes of at least 4 members (excludes halogenated alkanes) is 1. The van der Waals surface area contributed by atoms with Gasteiger partial charge in [0.1, 0.15) is 11.4 Å². The summed E-state index contributed by atoms with van der Waals surface area (Å²) in [7, 11) is 0. The molecule has 0 heterocycles. The van der Waals surface area contributed by atoms with Crippen LogP contribution in [-0.2, 0) is 14.3 Å². The van der Waals surface area contributed by atoms with Gasteiger partial charge in [0.25, 0.3) is 0 Å². The van der Waals surface area contributed by atoms with Crippen molar-refractivity contribution < 1.29 is 14.3 Å². The van der Waals surface area contributed by atoms with Crippen molar-refractivity contribution in [2.75, 3.05) is 0 Å². The Morgan fingerprint density at radius 3 is 2.84 bits per heavy atom. The maximum Gasteiger partial charge on any atom is 0.303 e. The molecule has 1 rings (SSSR count). The summed E-state index contributed by atoms with van der Waals surface area (Å²) in [5.41, 5.74) is -0.527. The van der Waals surface area contributed by atoms with E-state index in [-0.39, 0.29) is 17.7 Å². The van der Waals surface area contributed by atoms with Crippen molar-refractivity contribution in [3.05, 3.63) is 12.2 Å². The van der Waals surface area contributed by atoms with Crippen LogP contribution in [0.1, 0.15) is 65.7 Å². The Bertz CT molecular complexity index is 346. The van der Waals surface area contributed by atoms with Gasteiger partial charge in [0, 0.05) is 13.3 Å². The number of rotatable bonds is 7. The Balaban J connectivity index is 2.83. The van der Waals surface area contributed by atoms with Gasteiger partial charge in [0.15, 0.2) is 0 Å². The van der Waals surface area contributed by atoms with Gasteiger partial charge < -0.3 is 4.74 Å². The molecule has 0 aromatic carbocycles. The van der Waals surface area contributed by atoms with Crippen LogP contribution >= 0.6 is 0 Å². The van der Waals surface area contributed by atoms with Crippen LogP contribution in [0.2, 0.25) is 0 Å². The molecule has 0 saturated heterocycles. The first-order valence-corrected chi connectivity index (χ1v) is 7.39. The lowest BCUT2D eigenvalue weighted by Gasteiger charge is -2.34. The fourth-order valence-electron chi connectivity index (χ4n) is 3.06. The summed E-state index contributed by atoms with van der Waals surface area (Å²) in [6.45, 7) is 5.54. The molecule has 2 unspecified atom stereocenters. The van der Waals surface area contributed by atoms with Crippen molar-refractivity contribution in [2.45, 2.75) is 71.3 Å². The Hall–Kier alpha value is -1.12. The summed E-state index contributed by atoms with van der Waals surface area (Å²) < 4.78 is 5.63. The minimum absolute atomic E-state index is 0.112. The van der Waals surface area contributed by atoms with Gasteiger partial charge in [0.2, 0.25) is 0 Å². The number of carbonyl (C=O) groups is 2. The highest BCUT2D eigenvalue weighted by atomic mass is 16.6. The SMILES string of the molecule is CC=CCCC1C(=O)CCC1(CCCC)OC(C)=O. The predicted octanol–water partition coefficient (Wildman–Crippen LogP) is 3.81. The average Bonchev–Trinajstić information content (AvgIpc) is 2.65. The summed E-state index contributed by atoms with van der Waals surface area (Å²) in [6, 6.07) is 0. The third-order valence-corrected chi connectivity index (χ3v) is 3.98. The maximum atomic E-state index is 12.1. The Morgan fingerprint density at radius 1 is 1.53 bits per heavy atom. The number of Topliss-reactive ketones (excluding diaryl/α,β-unsaturated/α-hetero) is 1. The number of ketones is 1. The largest absolute Gasteiger partial charge is 0.458 e. The van der Waals surface area contributed by atoms with E-state index in [4.69, 9.17) is 4.74 Å². The molecule has 1 aliphatic rings. The number of hydrogen-bond acceptors (Lipinski definition) is 3. The molecule has 19 heavy (non-hydrogen) atoms. The van der Waals surface area contributed by atoms with Crippen LogP contribution in [-0.4, -0.2) is 17.4 Å². The van der Waals surface area contributed by atoms with E-state index < -0.39 is 5.60 Å². The van der Waals surface area contributed by atoms with Crippen LogP contribution in [0.25, 0.3) is 0 Å². The molecule has 108 valence electrons. The van der Waals surface area contributed by atoms with Crippen molar-refractivity contribution in [3.63, 3.8) is 0 Å². The van der Waals surface area contributed by atoms with Crippen molar-refractivity contribution in [3.8, 4) is 0 Å². The molecule has 3 nitrogen and oxygen atoms in total. The lowest BCUT2D eigenvalue weighted by molar-refractivity contribution is -0.163. The van der Waals surface area contributed by atoms with Gasteiger partial charge in [-0.25, -0.2) is 0 Å². The Kier molecular flexibility index (Phi) is 6.26. The van der Waals surface area contributed by atoms with E-state index in [2.05, 4.69) is 13.0 Å². The molecule has 0 amide bonds. The molecule has 2 atom stereocenters. The van der Waals surface area contributed by atoms with Crippen molar-refractivity contribution in [1.82, 2.24) is 0 Å². The zero-order chi connectivity index (χ0) is 14.3. The first-order chi connectivity index (χ1) is 9.05. The molecule has 3 heteroatoms. The van der Waals surface area contributed by atoms with E-state index in [0.29, 0.717) is 12.8 Å². The quantitative estimate of drug-likeness (QED) is 0.520. The maximum absolute atomic E-state index is 12.1. The zero-order valence-electron chi connectivity index (χ0n) is 12.4. The number of ether oxygens (including phenoxy) is 1. The lowest BCUT2D eigenvalue weighted by Crippen LogP contribution is -2.40. The number of allylic oxidation sites excluding steroid dienone is 2. The fraction of sp³-hybridized carbons (Fsp3) is 0.750. The topological polar surface area (TPSA) is 43.4 Å². The summed E-state index contributed by atoms with van der Waals surface area (Å²) in [4.78, 5) is 23.5. The highest BCUT2D eigenvalue weighted by molar-refractivity contribution is 5.85. The second-order valence-electron chi connectivity index (χ2n) is 5.43. The average molecular weight is 266 g/mol. The van der Waals surface area contributed by atoms with Gasteiger partial charge in [-0.1, -0.05) is 25.5 Å². The van der Waals surface area contributed by atoms with Gasteiger partial charge in [-0.15, -0.1) is 0 Å². The first kappa shape index (κ1) is 15.9. The molecule has 0 aromatic heterocycles. The molecule has 0 N–H and O–H groups in total.